The van der Waals surface area contributed by atoms with Gasteiger partial charge in [-0.3, -0.25) is 4.79 Å². The number of rotatable bonds is 8. The minimum atomic E-state index is -0.736. The highest BCUT2D eigenvalue weighted by molar-refractivity contribution is 5.69. The number of hydrogen-bond donors (Lipinski definition) is 3. The first-order chi connectivity index (χ1) is 6.68. The highest BCUT2D eigenvalue weighted by Crippen LogP contribution is 2.05. The van der Waals surface area contributed by atoms with E-state index in [-0.39, 0.29) is 5.92 Å². The van der Waals surface area contributed by atoms with Crippen LogP contribution in [0, 0.1) is 11.3 Å². The molecule has 0 aliphatic rings. The minimum Gasteiger partial charge on any atom is -0.481 e. The molecule has 0 aromatic rings. The lowest BCUT2D eigenvalue weighted by molar-refractivity contribution is -0.141. The molecule has 4 nitrogen and oxygen atoms in total. The zero-order chi connectivity index (χ0) is 10.8. The summed E-state index contributed by atoms with van der Waals surface area (Å²) in [5, 5.41) is 18.3. The molecule has 0 rings (SSSR count). The maximum atomic E-state index is 10.4. The van der Waals surface area contributed by atoms with E-state index in [0.29, 0.717) is 13.0 Å². The second-order valence-corrected chi connectivity index (χ2v) is 3.15. The van der Waals surface area contributed by atoms with Crippen LogP contribution in [0.4, 0.5) is 0 Å². The van der Waals surface area contributed by atoms with Crippen molar-refractivity contribution >= 4 is 12.2 Å². The highest BCUT2D eigenvalue weighted by atomic mass is 16.4. The molecule has 0 aromatic carbocycles. The molecule has 0 fully saturated rings. The van der Waals surface area contributed by atoms with Crippen molar-refractivity contribution in [2.75, 3.05) is 13.1 Å². The summed E-state index contributed by atoms with van der Waals surface area (Å²) in [6.07, 6.45) is 6.70. The van der Waals surface area contributed by atoms with Gasteiger partial charge in [0.2, 0.25) is 0 Å². The van der Waals surface area contributed by atoms with Crippen molar-refractivity contribution in [3.8, 4) is 0 Å². The van der Waals surface area contributed by atoms with Gasteiger partial charge in [-0.25, -0.2) is 0 Å². The standard InChI is InChI=1S/C10H18N2O2/c1-9(10(13)14)5-3-2-4-7-12-8-6-11/h2,4,6,9,11-12H,3,5,7-8H2,1H3,(H,13,14). The largest absolute Gasteiger partial charge is 0.481 e. The molecule has 1 unspecified atom stereocenters. The van der Waals surface area contributed by atoms with Crippen LogP contribution in [0.3, 0.4) is 0 Å². The van der Waals surface area contributed by atoms with Crippen LogP contribution < -0.4 is 5.32 Å². The van der Waals surface area contributed by atoms with E-state index in [9.17, 15) is 4.79 Å². The first-order valence-electron chi connectivity index (χ1n) is 4.76. The van der Waals surface area contributed by atoms with E-state index in [1.807, 2.05) is 12.2 Å². The van der Waals surface area contributed by atoms with Crippen molar-refractivity contribution in [1.29, 1.82) is 5.41 Å². The molecule has 0 amide bonds. The normalized spacial score (nSPS) is 12.9. The van der Waals surface area contributed by atoms with Gasteiger partial charge in [0.25, 0.3) is 0 Å². The number of carboxylic acid groups (broad SMARTS) is 1. The molecule has 0 saturated heterocycles. The Kier molecular flexibility index (Phi) is 7.74. The van der Waals surface area contributed by atoms with E-state index >= 15 is 0 Å². The summed E-state index contributed by atoms with van der Waals surface area (Å²) in [6, 6.07) is 0. The number of hydrogen-bond acceptors (Lipinski definition) is 3. The fraction of sp³-hybridized carbons (Fsp3) is 0.600. The molecule has 4 heteroatoms. The first-order valence-corrected chi connectivity index (χ1v) is 4.76. The summed E-state index contributed by atoms with van der Waals surface area (Å²) in [5.74, 6) is -1.01. The van der Waals surface area contributed by atoms with Crippen molar-refractivity contribution < 1.29 is 9.90 Å². The van der Waals surface area contributed by atoms with E-state index in [1.165, 1.54) is 6.21 Å². The Morgan fingerprint density at radius 1 is 1.50 bits per heavy atom. The number of allylic oxidation sites excluding steroid dienone is 1. The molecule has 0 aromatic heterocycles. The van der Waals surface area contributed by atoms with Gasteiger partial charge in [-0.05, 0) is 12.8 Å². The van der Waals surface area contributed by atoms with Crippen LogP contribution in [0.15, 0.2) is 12.2 Å². The van der Waals surface area contributed by atoms with Crippen LogP contribution in [0.1, 0.15) is 19.8 Å². The molecule has 1 atom stereocenters. The fourth-order valence-electron chi connectivity index (χ4n) is 0.910. The van der Waals surface area contributed by atoms with Gasteiger partial charge >= 0.3 is 5.97 Å². The predicted molar refractivity (Wildman–Crippen MR) is 56.8 cm³/mol. The summed E-state index contributed by atoms with van der Waals surface area (Å²) in [4.78, 5) is 10.4. The van der Waals surface area contributed by atoms with Gasteiger partial charge in [-0.15, -0.1) is 0 Å². The summed E-state index contributed by atoms with van der Waals surface area (Å²) >= 11 is 0. The molecular weight excluding hydrogens is 180 g/mol. The van der Waals surface area contributed by atoms with Crippen molar-refractivity contribution in [3.63, 3.8) is 0 Å². The maximum absolute atomic E-state index is 10.4. The van der Waals surface area contributed by atoms with Gasteiger partial charge in [-0.1, -0.05) is 19.1 Å². The third kappa shape index (κ3) is 7.49. The topological polar surface area (TPSA) is 73.2 Å². The Labute approximate surface area is 84.5 Å². The van der Waals surface area contributed by atoms with Crippen LogP contribution >= 0.6 is 0 Å². The Hall–Kier alpha value is -1.16. The lowest BCUT2D eigenvalue weighted by Gasteiger charge is -2.01. The molecule has 0 aliphatic carbocycles. The number of carboxylic acids is 1. The van der Waals surface area contributed by atoms with Crippen LogP contribution in [-0.4, -0.2) is 30.4 Å². The quantitative estimate of drug-likeness (QED) is 0.312. The van der Waals surface area contributed by atoms with E-state index in [0.717, 1.165) is 13.0 Å². The average Bonchev–Trinajstić information content (AvgIpc) is 2.16. The molecule has 0 saturated carbocycles. The van der Waals surface area contributed by atoms with Crippen LogP contribution in [0.25, 0.3) is 0 Å². The minimum absolute atomic E-state index is 0.269. The fourth-order valence-corrected chi connectivity index (χ4v) is 0.910. The molecule has 0 aliphatic heterocycles. The van der Waals surface area contributed by atoms with E-state index in [4.69, 9.17) is 10.5 Å². The molecule has 80 valence electrons. The van der Waals surface area contributed by atoms with Crippen molar-refractivity contribution in [2.24, 2.45) is 5.92 Å². The highest BCUT2D eigenvalue weighted by Gasteiger charge is 2.08. The van der Waals surface area contributed by atoms with Gasteiger partial charge in [0.05, 0.1) is 5.92 Å². The second kappa shape index (κ2) is 8.44. The third-order valence-electron chi connectivity index (χ3n) is 1.86. The summed E-state index contributed by atoms with van der Waals surface area (Å²) in [5.41, 5.74) is 0. The molecule has 0 bridgehead atoms. The average molecular weight is 198 g/mol. The van der Waals surface area contributed by atoms with Crippen LogP contribution in [-0.2, 0) is 4.79 Å². The summed E-state index contributed by atoms with van der Waals surface area (Å²) < 4.78 is 0. The van der Waals surface area contributed by atoms with E-state index in [2.05, 4.69) is 5.32 Å². The van der Waals surface area contributed by atoms with Crippen molar-refractivity contribution in [3.05, 3.63) is 12.2 Å². The summed E-state index contributed by atoms with van der Waals surface area (Å²) in [7, 11) is 0. The summed E-state index contributed by atoms with van der Waals surface area (Å²) in [6.45, 7) is 3.02. The van der Waals surface area contributed by atoms with E-state index in [1.54, 1.807) is 6.92 Å². The SMILES string of the molecule is CC(CCC=CCNCC=N)C(=O)O. The Morgan fingerprint density at radius 2 is 2.21 bits per heavy atom. The van der Waals surface area contributed by atoms with Gasteiger partial charge in [0.1, 0.15) is 0 Å². The zero-order valence-electron chi connectivity index (χ0n) is 8.49. The number of aliphatic carboxylic acids is 1. The molecule has 14 heavy (non-hydrogen) atoms. The van der Waals surface area contributed by atoms with Crippen molar-refractivity contribution in [1.82, 2.24) is 5.32 Å². The predicted octanol–water partition coefficient (Wildman–Crippen LogP) is 1.28. The zero-order valence-corrected chi connectivity index (χ0v) is 8.49. The Morgan fingerprint density at radius 3 is 2.79 bits per heavy atom. The van der Waals surface area contributed by atoms with Gasteiger partial charge < -0.3 is 15.8 Å². The Bertz CT molecular complexity index is 202. The molecule has 3 N–H and O–H groups in total. The second-order valence-electron chi connectivity index (χ2n) is 3.15. The van der Waals surface area contributed by atoms with E-state index < -0.39 is 5.97 Å². The lowest BCUT2D eigenvalue weighted by Crippen LogP contribution is -2.15. The Balaban J connectivity index is 3.34. The van der Waals surface area contributed by atoms with Gasteiger partial charge in [0, 0.05) is 19.3 Å². The molecular formula is C10H18N2O2. The first kappa shape index (κ1) is 12.8. The van der Waals surface area contributed by atoms with Crippen molar-refractivity contribution in [2.45, 2.75) is 19.8 Å². The monoisotopic (exact) mass is 198 g/mol. The molecule has 0 heterocycles. The number of nitrogens with one attached hydrogen (secondary N) is 2. The lowest BCUT2D eigenvalue weighted by atomic mass is 10.1. The maximum Gasteiger partial charge on any atom is 0.306 e. The van der Waals surface area contributed by atoms with Gasteiger partial charge in [0.15, 0.2) is 0 Å². The smallest absolute Gasteiger partial charge is 0.306 e. The molecule has 0 spiro atoms. The van der Waals surface area contributed by atoms with Crippen LogP contribution in [0.5, 0.6) is 0 Å². The van der Waals surface area contributed by atoms with Crippen LogP contribution in [0.2, 0.25) is 0 Å². The molecule has 0 radical (unpaired) electrons. The van der Waals surface area contributed by atoms with Gasteiger partial charge in [-0.2, -0.15) is 0 Å². The number of carbonyl (C=O) groups is 1. The third-order valence-corrected chi connectivity index (χ3v) is 1.86.